The minimum atomic E-state index is -0.219. The van der Waals surface area contributed by atoms with E-state index in [9.17, 15) is 4.39 Å². The number of nitrogens with zero attached hydrogens (tertiary/aromatic N) is 4. The minimum Gasteiger partial charge on any atom is -0.357 e. The lowest BCUT2D eigenvalue weighted by Gasteiger charge is -2.22. The van der Waals surface area contributed by atoms with Gasteiger partial charge in [-0.1, -0.05) is 12.1 Å². The second-order valence-electron chi connectivity index (χ2n) is 5.17. The Morgan fingerprint density at radius 3 is 2.57 bits per heavy atom. The van der Waals surface area contributed by atoms with Gasteiger partial charge in [0.05, 0.1) is 12.7 Å². The summed E-state index contributed by atoms with van der Waals surface area (Å²) in [7, 11) is 3.85. The van der Waals surface area contributed by atoms with E-state index >= 15 is 0 Å². The fourth-order valence-electron chi connectivity index (χ4n) is 2.13. The summed E-state index contributed by atoms with van der Waals surface area (Å²) in [6.07, 6.45) is 3.76. The van der Waals surface area contributed by atoms with E-state index in [-0.39, 0.29) is 29.8 Å². The molecule has 0 aliphatic rings. The van der Waals surface area contributed by atoms with Crippen LogP contribution in [0.3, 0.4) is 0 Å². The summed E-state index contributed by atoms with van der Waals surface area (Å²) >= 11 is 0. The van der Waals surface area contributed by atoms with Crippen LogP contribution < -0.4 is 5.32 Å². The lowest BCUT2D eigenvalue weighted by atomic mass is 10.2. The Morgan fingerprint density at radius 2 is 2.00 bits per heavy atom. The average Bonchev–Trinajstić information content (AvgIpc) is 2.91. The highest BCUT2D eigenvalue weighted by molar-refractivity contribution is 14.0. The molecule has 0 aliphatic carbocycles. The van der Waals surface area contributed by atoms with Gasteiger partial charge in [0.2, 0.25) is 0 Å². The van der Waals surface area contributed by atoms with E-state index in [2.05, 4.69) is 15.4 Å². The molecule has 0 atom stereocenters. The third-order valence-corrected chi connectivity index (χ3v) is 3.20. The van der Waals surface area contributed by atoms with Gasteiger partial charge < -0.3 is 10.2 Å². The van der Waals surface area contributed by atoms with Gasteiger partial charge in [0.15, 0.2) is 5.96 Å². The van der Waals surface area contributed by atoms with Gasteiger partial charge in [-0.2, -0.15) is 5.10 Å². The topological polar surface area (TPSA) is 45.5 Å². The van der Waals surface area contributed by atoms with Crippen molar-refractivity contribution >= 4 is 29.9 Å². The predicted octanol–water partition coefficient (Wildman–Crippen LogP) is 2.77. The average molecular weight is 431 g/mol. The maximum Gasteiger partial charge on any atom is 0.194 e. The summed E-state index contributed by atoms with van der Waals surface area (Å²) in [6.45, 7) is 4.06. The van der Waals surface area contributed by atoms with E-state index in [4.69, 9.17) is 0 Å². The molecule has 0 saturated carbocycles. The van der Waals surface area contributed by atoms with Crippen molar-refractivity contribution in [3.05, 3.63) is 53.6 Å². The number of nitrogens with one attached hydrogen (secondary N) is 1. The number of benzene rings is 1. The summed E-state index contributed by atoms with van der Waals surface area (Å²) in [4.78, 5) is 6.64. The molecule has 126 valence electrons. The number of halogens is 2. The SMILES string of the molecule is CCNC(=NCc1cnn(C)c1)N(C)Cc1ccc(F)cc1.I. The monoisotopic (exact) mass is 431 g/mol. The molecule has 1 N–H and O–H groups in total. The van der Waals surface area contributed by atoms with Gasteiger partial charge in [0.1, 0.15) is 5.82 Å². The van der Waals surface area contributed by atoms with Gasteiger partial charge in [-0.15, -0.1) is 24.0 Å². The van der Waals surface area contributed by atoms with Crippen LogP contribution >= 0.6 is 24.0 Å². The Kier molecular flexibility index (Phi) is 8.01. The van der Waals surface area contributed by atoms with Crippen LogP contribution in [-0.2, 0) is 20.1 Å². The number of hydrogen-bond donors (Lipinski definition) is 1. The standard InChI is InChI=1S/C16H22FN5.HI/c1-4-18-16(19-9-14-10-20-22(3)12-14)21(2)11-13-5-7-15(17)8-6-13;/h5-8,10,12H,4,9,11H2,1-3H3,(H,18,19);1H. The molecule has 1 heterocycles. The number of aryl methyl sites for hydroxylation is 1. The fourth-order valence-corrected chi connectivity index (χ4v) is 2.13. The highest BCUT2D eigenvalue weighted by Gasteiger charge is 2.07. The third kappa shape index (κ3) is 6.17. The molecule has 1 aromatic carbocycles. The first-order valence-corrected chi connectivity index (χ1v) is 7.30. The van der Waals surface area contributed by atoms with Crippen molar-refractivity contribution in [1.29, 1.82) is 0 Å². The number of guanidine groups is 1. The molecule has 0 aliphatic heterocycles. The molecule has 0 saturated heterocycles. The van der Waals surface area contributed by atoms with E-state index in [1.165, 1.54) is 12.1 Å². The summed E-state index contributed by atoms with van der Waals surface area (Å²) in [6, 6.07) is 6.53. The van der Waals surface area contributed by atoms with Crippen LogP contribution in [0.25, 0.3) is 0 Å². The molecule has 2 aromatic rings. The van der Waals surface area contributed by atoms with Crippen LogP contribution in [0.1, 0.15) is 18.1 Å². The largest absolute Gasteiger partial charge is 0.357 e. The predicted molar refractivity (Wildman–Crippen MR) is 101 cm³/mol. The molecule has 0 unspecified atom stereocenters. The molecule has 1 aromatic heterocycles. The molecule has 0 fully saturated rings. The molecular formula is C16H23FIN5. The Labute approximate surface area is 153 Å². The molecular weight excluding hydrogens is 408 g/mol. The maximum atomic E-state index is 13.0. The number of rotatable bonds is 5. The van der Waals surface area contributed by atoms with Crippen molar-refractivity contribution in [2.75, 3.05) is 13.6 Å². The first kappa shape index (κ1) is 19.4. The zero-order chi connectivity index (χ0) is 15.9. The quantitative estimate of drug-likeness (QED) is 0.450. The van der Waals surface area contributed by atoms with Gasteiger partial charge in [-0.25, -0.2) is 9.38 Å². The van der Waals surface area contributed by atoms with E-state index in [0.717, 1.165) is 23.6 Å². The van der Waals surface area contributed by atoms with Crippen LogP contribution in [0.4, 0.5) is 4.39 Å². The lowest BCUT2D eigenvalue weighted by molar-refractivity contribution is 0.476. The highest BCUT2D eigenvalue weighted by atomic mass is 127. The van der Waals surface area contributed by atoms with E-state index < -0.39 is 0 Å². The summed E-state index contributed by atoms with van der Waals surface area (Å²) < 4.78 is 14.7. The molecule has 0 spiro atoms. The van der Waals surface area contributed by atoms with Crippen LogP contribution in [0, 0.1) is 5.82 Å². The molecule has 23 heavy (non-hydrogen) atoms. The summed E-state index contributed by atoms with van der Waals surface area (Å²) in [5, 5.41) is 7.40. The first-order chi connectivity index (χ1) is 10.6. The van der Waals surface area contributed by atoms with Crippen molar-refractivity contribution < 1.29 is 4.39 Å². The fraction of sp³-hybridized carbons (Fsp3) is 0.375. The Bertz CT molecular complexity index is 624. The number of hydrogen-bond acceptors (Lipinski definition) is 2. The van der Waals surface area contributed by atoms with Gasteiger partial charge in [0, 0.05) is 38.9 Å². The Balaban J connectivity index is 0.00000264. The normalized spacial score (nSPS) is 11.0. The number of aliphatic imine (C=N–C) groups is 1. The Hall–Kier alpha value is -1.64. The van der Waals surface area contributed by atoms with Crippen LogP contribution in [-0.4, -0.2) is 34.2 Å². The molecule has 0 radical (unpaired) electrons. The van der Waals surface area contributed by atoms with Gasteiger partial charge >= 0.3 is 0 Å². The molecule has 0 amide bonds. The Morgan fingerprint density at radius 1 is 1.30 bits per heavy atom. The molecule has 7 heteroatoms. The van der Waals surface area contributed by atoms with E-state index in [0.29, 0.717) is 13.1 Å². The van der Waals surface area contributed by atoms with E-state index in [1.807, 2.05) is 38.3 Å². The van der Waals surface area contributed by atoms with Crippen molar-refractivity contribution in [3.8, 4) is 0 Å². The molecule has 5 nitrogen and oxygen atoms in total. The van der Waals surface area contributed by atoms with Gasteiger partial charge in [0.25, 0.3) is 0 Å². The second-order valence-corrected chi connectivity index (χ2v) is 5.17. The van der Waals surface area contributed by atoms with Crippen molar-refractivity contribution in [2.45, 2.75) is 20.0 Å². The molecule has 2 rings (SSSR count). The van der Waals surface area contributed by atoms with Gasteiger partial charge in [-0.3, -0.25) is 4.68 Å². The maximum absolute atomic E-state index is 13.0. The van der Waals surface area contributed by atoms with Crippen molar-refractivity contribution in [3.63, 3.8) is 0 Å². The lowest BCUT2D eigenvalue weighted by Crippen LogP contribution is -2.38. The zero-order valence-electron chi connectivity index (χ0n) is 13.7. The smallest absolute Gasteiger partial charge is 0.194 e. The molecule has 0 bridgehead atoms. The minimum absolute atomic E-state index is 0. The van der Waals surface area contributed by atoms with Crippen molar-refractivity contribution in [1.82, 2.24) is 20.0 Å². The van der Waals surface area contributed by atoms with Crippen LogP contribution in [0.5, 0.6) is 0 Å². The zero-order valence-corrected chi connectivity index (χ0v) is 16.0. The van der Waals surface area contributed by atoms with Crippen LogP contribution in [0.2, 0.25) is 0 Å². The van der Waals surface area contributed by atoms with Gasteiger partial charge in [-0.05, 0) is 24.6 Å². The summed E-state index contributed by atoms with van der Waals surface area (Å²) in [5.74, 6) is 0.597. The number of aromatic nitrogens is 2. The third-order valence-electron chi connectivity index (χ3n) is 3.20. The van der Waals surface area contributed by atoms with E-state index in [1.54, 1.807) is 16.8 Å². The first-order valence-electron chi connectivity index (χ1n) is 7.30. The summed E-state index contributed by atoms with van der Waals surface area (Å²) in [5.41, 5.74) is 2.10. The van der Waals surface area contributed by atoms with Crippen molar-refractivity contribution in [2.24, 2.45) is 12.0 Å². The second kappa shape index (κ2) is 9.49. The van der Waals surface area contributed by atoms with Crippen LogP contribution in [0.15, 0.2) is 41.7 Å². The highest BCUT2D eigenvalue weighted by Crippen LogP contribution is 2.06.